The van der Waals surface area contributed by atoms with E-state index in [1.807, 2.05) is 118 Å². The van der Waals surface area contributed by atoms with Gasteiger partial charge in [0.2, 0.25) is 0 Å². The Balaban J connectivity index is 1.13. The Morgan fingerprint density at radius 3 is 1.71 bits per heavy atom. The van der Waals surface area contributed by atoms with Crippen molar-refractivity contribution in [2.24, 2.45) is 0 Å². The van der Waals surface area contributed by atoms with Crippen LogP contribution in [-0.2, 0) is 10.8 Å². The first kappa shape index (κ1) is 32.9. The largest absolute Gasteiger partial charge is 0.458 e. The van der Waals surface area contributed by atoms with Crippen LogP contribution in [0.2, 0.25) is 0 Å². The third-order valence-electron chi connectivity index (χ3n) is 14.0. The van der Waals surface area contributed by atoms with Gasteiger partial charge < -0.3 is 4.74 Å². The van der Waals surface area contributed by atoms with Gasteiger partial charge >= 0.3 is 0 Å². The molecule has 13 rings (SSSR count). The average Bonchev–Trinajstić information content (AvgIpc) is 1.58. The van der Waals surface area contributed by atoms with Crippen LogP contribution in [0.4, 0.5) is 0 Å². The van der Waals surface area contributed by atoms with Crippen LogP contribution in [0.5, 0.6) is 11.5 Å². The summed E-state index contributed by atoms with van der Waals surface area (Å²) in [6.07, 6.45) is 5.40. The Morgan fingerprint density at radius 1 is 0.456 bits per heavy atom. The Hall–Kier alpha value is -9.58. The van der Waals surface area contributed by atoms with Gasteiger partial charge in [-0.15, -0.1) is 0 Å². The molecular weight excluding hydrogens is 961 g/mol. The Bertz CT molecular complexity index is 5350. The van der Waals surface area contributed by atoms with Crippen LogP contribution in [0.3, 0.4) is 0 Å². The van der Waals surface area contributed by atoms with Crippen LogP contribution in [0, 0.1) is 6.33 Å². The zero-order valence-electron chi connectivity index (χ0n) is 62.1. The van der Waals surface area contributed by atoms with Crippen molar-refractivity contribution in [1.82, 2.24) is 14.1 Å². The summed E-state index contributed by atoms with van der Waals surface area (Å²) in [6.45, 7) is 12.5. The smallest absolute Gasteiger partial charge is 0.269 e. The predicted molar refractivity (Wildman–Crippen MR) is 327 cm³/mol. The maximum Gasteiger partial charge on any atom is 0.269 e. The van der Waals surface area contributed by atoms with Gasteiger partial charge in [-0.05, 0) is 156 Å². The molecule has 3 heterocycles. The van der Waals surface area contributed by atoms with Gasteiger partial charge in [0.1, 0.15) is 17.3 Å². The molecule has 0 aliphatic carbocycles. The molecule has 0 unspecified atom stereocenters. The molecule has 0 N–H and O–H groups in total. The quantitative estimate of drug-likeness (QED) is 0.101. The monoisotopic (exact) mass is 1040 g/mol. The molecule has 5 nitrogen and oxygen atoms in total. The van der Waals surface area contributed by atoms with Gasteiger partial charge in [0.15, 0.2) is 0 Å². The first-order chi connectivity index (χ1) is 45.9. The first-order valence-corrected chi connectivity index (χ1v) is 25.8. The van der Waals surface area contributed by atoms with Gasteiger partial charge in [-0.1, -0.05) is 205 Å². The minimum absolute atomic E-state index is 0.0307. The molecule has 0 spiro atoms. The molecule has 10 aromatic carbocycles. The number of pyridine rings is 1. The van der Waals surface area contributed by atoms with E-state index in [0.29, 0.717) is 33.8 Å². The molecule has 0 saturated carbocycles. The Kier molecular flexibility index (Phi) is 8.23. The lowest BCUT2D eigenvalue weighted by Gasteiger charge is -2.23. The van der Waals surface area contributed by atoms with Crippen molar-refractivity contribution in [3.05, 3.63) is 272 Å². The number of fused-ring (bicyclic) bond motifs is 4. The van der Waals surface area contributed by atoms with Crippen molar-refractivity contribution in [3.63, 3.8) is 0 Å². The van der Waals surface area contributed by atoms with Gasteiger partial charge in [0.25, 0.3) is 6.33 Å². The third kappa shape index (κ3) is 9.38. The van der Waals surface area contributed by atoms with E-state index in [1.165, 1.54) is 6.07 Å². The summed E-state index contributed by atoms with van der Waals surface area (Å²) in [5.41, 5.74) is 1.92. The molecule has 0 aliphatic heterocycles. The van der Waals surface area contributed by atoms with Crippen LogP contribution in [0.25, 0.3) is 106 Å². The van der Waals surface area contributed by atoms with Crippen molar-refractivity contribution >= 4 is 32.8 Å². The fourth-order valence-corrected chi connectivity index (χ4v) is 10.1. The molecule has 382 valence electrons. The number of hydrogen-bond acceptors (Lipinski definition) is 2. The van der Waals surface area contributed by atoms with Crippen molar-refractivity contribution < 1.29 is 34.0 Å². The highest BCUT2D eigenvalue weighted by molar-refractivity contribution is 6.09. The van der Waals surface area contributed by atoms with Crippen molar-refractivity contribution in [2.45, 2.75) is 52.4 Å². The highest BCUT2D eigenvalue weighted by atomic mass is 16.5. The molecule has 0 aliphatic rings. The van der Waals surface area contributed by atoms with E-state index in [-0.39, 0.29) is 33.4 Å². The summed E-state index contributed by atoms with van der Waals surface area (Å²) in [6, 6.07) is 29.2. The molecule has 0 fully saturated rings. The van der Waals surface area contributed by atoms with E-state index >= 15 is 0 Å². The molecule has 79 heavy (non-hydrogen) atoms. The first-order valence-electron chi connectivity index (χ1n) is 34.8. The fourth-order valence-electron chi connectivity index (χ4n) is 10.1. The van der Waals surface area contributed by atoms with Crippen molar-refractivity contribution in [3.8, 4) is 84.3 Å². The maximum absolute atomic E-state index is 10.5. The van der Waals surface area contributed by atoms with E-state index in [2.05, 4.69) is 49.9 Å². The second-order valence-electron chi connectivity index (χ2n) is 21.3. The van der Waals surface area contributed by atoms with Gasteiger partial charge in [0.05, 0.1) is 58.1 Å². The van der Waals surface area contributed by atoms with E-state index < -0.39 is 142 Å². The van der Waals surface area contributed by atoms with Crippen LogP contribution >= 0.6 is 0 Å². The lowest BCUT2D eigenvalue weighted by atomic mass is 9.84. The normalized spacial score (nSPS) is 15.1. The van der Waals surface area contributed by atoms with Crippen LogP contribution in [0.15, 0.2) is 254 Å². The average molecular weight is 1040 g/mol. The maximum atomic E-state index is 10.5. The second-order valence-corrected chi connectivity index (χ2v) is 21.3. The van der Waals surface area contributed by atoms with Crippen molar-refractivity contribution in [1.29, 1.82) is 0 Å². The molecule has 0 atom stereocenters. The van der Waals surface area contributed by atoms with Gasteiger partial charge in [0, 0.05) is 23.0 Å². The number of ether oxygens (including phenoxy) is 1. The number of imidazole rings is 1. The number of para-hydroxylation sites is 3. The summed E-state index contributed by atoms with van der Waals surface area (Å²) in [5, 5.41) is 2.02. The highest BCUT2D eigenvalue weighted by Gasteiger charge is 2.25. The Labute approximate surface area is 488 Å². The van der Waals surface area contributed by atoms with Crippen molar-refractivity contribution in [2.75, 3.05) is 0 Å². The molecule has 13 aromatic rings. The summed E-state index contributed by atoms with van der Waals surface area (Å²) < 4.78 is 178. The fraction of sp³-hybridized carbons (Fsp3) is 0.108. The number of rotatable bonds is 10. The minimum atomic E-state index is -0.875. The summed E-state index contributed by atoms with van der Waals surface area (Å²) >= 11 is 0. The number of aromatic nitrogens is 4. The second kappa shape index (κ2) is 19.8. The number of nitrogens with zero attached hydrogens (tertiary/aromatic N) is 4. The molecule has 0 amide bonds. The van der Waals surface area contributed by atoms with E-state index in [9.17, 15) is 12.3 Å². The molecule has 3 aromatic heterocycles. The standard InChI is InChI=1S/C74H60N4O/c1-73(2,3)58-29-20-28-53(43-58)65-44-56(52-26-14-9-15-27-52)45-66(57-41-54(50-22-10-7-11-23-50)40-55(42-57)51-24-12-8-13-25-51)72(65)77-49-76(68-34-18-19-35-69(68)77)60-30-21-31-61(47-60)79-62-36-37-64-63-32-16-17-33-67(63)78(70(64)48-62)71-46-59(38-39-75-71)74(4,5)6/h7-48H,1-6H3/i7D,8D,9D,10D,11D,12D,13D,14D,15D,22D,23D,24D,25D,26D,27D,40D,41D,42D. The predicted octanol–water partition coefficient (Wildman–Crippen LogP) is 18.9. The van der Waals surface area contributed by atoms with E-state index in [0.717, 1.165) is 38.8 Å². The van der Waals surface area contributed by atoms with E-state index in [1.54, 1.807) is 33.4 Å². The van der Waals surface area contributed by atoms with Crippen LogP contribution in [-0.4, -0.2) is 14.1 Å². The van der Waals surface area contributed by atoms with Crippen LogP contribution in [0.1, 0.15) is 77.3 Å². The minimum Gasteiger partial charge on any atom is -0.458 e. The Morgan fingerprint density at radius 2 is 1.03 bits per heavy atom. The zero-order valence-corrected chi connectivity index (χ0v) is 44.1. The lowest BCUT2D eigenvalue weighted by Crippen LogP contribution is -2.31. The topological polar surface area (TPSA) is 35.9 Å². The van der Waals surface area contributed by atoms with Gasteiger partial charge in [-0.25, -0.2) is 4.98 Å². The molecule has 0 saturated heterocycles. The van der Waals surface area contributed by atoms with Crippen LogP contribution < -0.4 is 9.30 Å². The molecule has 0 radical (unpaired) electrons. The molecule has 5 heteroatoms. The molecule has 0 bridgehead atoms. The summed E-state index contributed by atoms with van der Waals surface area (Å²) in [4.78, 5) is 4.86. The number of benzene rings is 10. The van der Waals surface area contributed by atoms with Gasteiger partial charge in [-0.3, -0.25) is 13.7 Å². The zero-order chi connectivity index (χ0) is 69.5. The number of hydrogen-bond donors (Lipinski definition) is 0. The third-order valence-corrected chi connectivity index (χ3v) is 14.0. The SMILES string of the molecule is [2H]c1c([2H])c([2H])c(-c2cc(-c3cccc(C(C)(C)C)c3)c(-[n+]3[c-]n(-c4cccc(Oc5ccc6c7ccccc7n(-c7cc(C(C)(C)C)ccn7)c6c5)c4)c4ccccc43)c(-c3c([2H])c(-c4c([2H])c([2H])c([2H])c([2H])c4[2H])c([2H])c(-c4c([2H])c([2H])c([2H])c([2H])c4[2H])c3[2H])c2)c([2H])c1[2H]. The molecular formula is C74H60N4O. The lowest BCUT2D eigenvalue weighted by molar-refractivity contribution is -0.571. The summed E-state index contributed by atoms with van der Waals surface area (Å²) in [7, 11) is 0. The highest BCUT2D eigenvalue weighted by Crippen LogP contribution is 2.43. The summed E-state index contributed by atoms with van der Waals surface area (Å²) in [5.74, 6) is 1.69. The van der Waals surface area contributed by atoms with E-state index in [4.69, 9.17) is 22.1 Å². The van der Waals surface area contributed by atoms with Gasteiger partial charge in [-0.2, -0.15) is 0 Å².